The zero-order valence-corrected chi connectivity index (χ0v) is 6.60. The quantitative estimate of drug-likeness (QED) is 0.666. The lowest BCUT2D eigenvalue weighted by molar-refractivity contribution is 0.0959. The summed E-state index contributed by atoms with van der Waals surface area (Å²) in [4.78, 5) is 11.0. The molecule has 0 atom stereocenters. The first kappa shape index (κ1) is 8.71. The second-order valence-corrected chi connectivity index (χ2v) is 2.32. The van der Waals surface area contributed by atoms with E-state index in [4.69, 9.17) is 6.92 Å². The highest BCUT2D eigenvalue weighted by atomic mass is 19.1. The highest BCUT2D eigenvalue weighted by Crippen LogP contribution is 2.09. The van der Waals surface area contributed by atoms with Gasteiger partial charge in [-0.1, -0.05) is 6.07 Å². The van der Waals surface area contributed by atoms with Gasteiger partial charge in [0.05, 0.1) is 5.56 Å². The highest BCUT2D eigenvalue weighted by Gasteiger charge is 2.08. The lowest BCUT2D eigenvalue weighted by Crippen LogP contribution is -2.19. The molecule has 0 saturated heterocycles. The Hall–Kier alpha value is -1.38. The van der Waals surface area contributed by atoms with Crippen molar-refractivity contribution >= 4 is 5.91 Å². The van der Waals surface area contributed by atoms with Crippen LogP contribution in [0.3, 0.4) is 0 Å². The molecule has 0 saturated carbocycles. The van der Waals surface area contributed by atoms with E-state index < -0.39 is 11.7 Å². The van der Waals surface area contributed by atoms with Crippen LogP contribution < -0.4 is 5.32 Å². The number of nitrogens with one attached hydrogen (secondary N) is 1. The van der Waals surface area contributed by atoms with Crippen molar-refractivity contribution in [1.29, 1.82) is 0 Å². The van der Waals surface area contributed by atoms with Crippen LogP contribution in [0.1, 0.15) is 15.9 Å². The summed E-state index contributed by atoms with van der Waals surface area (Å²) < 4.78 is 12.9. The van der Waals surface area contributed by atoms with Crippen molar-refractivity contribution in [3.63, 3.8) is 0 Å². The van der Waals surface area contributed by atoms with Gasteiger partial charge in [0.25, 0.3) is 5.91 Å². The zero-order valence-electron chi connectivity index (χ0n) is 6.60. The summed E-state index contributed by atoms with van der Waals surface area (Å²) in [5.74, 6) is -1.04. The SMILES string of the molecule is [CH]c1ccc(F)c(C(=O)NC)c1. The Balaban J connectivity index is 3.13. The zero-order chi connectivity index (χ0) is 9.14. The van der Waals surface area contributed by atoms with Gasteiger partial charge in [-0.2, -0.15) is 0 Å². The van der Waals surface area contributed by atoms with Crippen LogP contribution in [-0.2, 0) is 0 Å². The molecule has 1 N–H and O–H groups in total. The second kappa shape index (κ2) is 3.34. The summed E-state index contributed by atoms with van der Waals surface area (Å²) in [6, 6.07) is 3.87. The predicted molar refractivity (Wildman–Crippen MR) is 43.2 cm³/mol. The summed E-state index contributed by atoms with van der Waals surface area (Å²) in [5.41, 5.74) is 0.340. The van der Waals surface area contributed by atoms with Gasteiger partial charge in [0.1, 0.15) is 5.82 Å². The van der Waals surface area contributed by atoms with Gasteiger partial charge in [0.2, 0.25) is 0 Å². The van der Waals surface area contributed by atoms with Crippen molar-refractivity contribution < 1.29 is 9.18 Å². The first-order valence-electron chi connectivity index (χ1n) is 3.42. The second-order valence-electron chi connectivity index (χ2n) is 2.32. The first-order valence-corrected chi connectivity index (χ1v) is 3.42. The molecule has 2 radical (unpaired) electrons. The van der Waals surface area contributed by atoms with Crippen molar-refractivity contribution in [2.45, 2.75) is 0 Å². The van der Waals surface area contributed by atoms with E-state index in [0.717, 1.165) is 0 Å². The van der Waals surface area contributed by atoms with E-state index in [0.29, 0.717) is 5.56 Å². The minimum absolute atomic E-state index is 0.0301. The molecule has 1 aromatic rings. The summed E-state index contributed by atoms with van der Waals surface area (Å²) in [6.07, 6.45) is 0. The Morgan fingerprint density at radius 2 is 2.25 bits per heavy atom. The topological polar surface area (TPSA) is 29.1 Å². The lowest BCUT2D eigenvalue weighted by Gasteiger charge is -2.01. The number of amides is 1. The van der Waals surface area contributed by atoms with Crippen LogP contribution in [0.2, 0.25) is 0 Å². The fourth-order valence-electron chi connectivity index (χ4n) is 0.852. The van der Waals surface area contributed by atoms with Crippen LogP contribution in [0.4, 0.5) is 4.39 Å². The molecular formula is C9H8FNO. The first-order chi connectivity index (χ1) is 5.65. The van der Waals surface area contributed by atoms with Gasteiger partial charge in [0, 0.05) is 7.05 Å². The molecule has 0 aliphatic carbocycles. The van der Waals surface area contributed by atoms with Crippen molar-refractivity contribution in [2.75, 3.05) is 7.05 Å². The Morgan fingerprint density at radius 1 is 1.58 bits per heavy atom. The van der Waals surface area contributed by atoms with Crippen LogP contribution in [0.15, 0.2) is 18.2 Å². The van der Waals surface area contributed by atoms with Crippen molar-refractivity contribution in [3.8, 4) is 0 Å². The molecule has 0 unspecified atom stereocenters. The minimum atomic E-state index is -0.566. The van der Waals surface area contributed by atoms with Crippen LogP contribution in [0, 0.1) is 12.7 Å². The van der Waals surface area contributed by atoms with Gasteiger partial charge in [-0.3, -0.25) is 4.79 Å². The van der Waals surface area contributed by atoms with E-state index >= 15 is 0 Å². The Bertz CT molecular complexity index is 309. The standard InChI is InChI=1S/C9H8FNO/c1-6-3-4-8(10)7(5-6)9(12)11-2/h1,3-5H,2H3,(H,11,12). The number of carbonyl (C=O) groups excluding carboxylic acids is 1. The highest BCUT2D eigenvalue weighted by molar-refractivity contribution is 5.94. The third-order valence-corrected chi connectivity index (χ3v) is 1.46. The molecule has 1 aromatic carbocycles. The summed E-state index contributed by atoms with van der Waals surface area (Å²) in [5, 5.41) is 2.31. The van der Waals surface area contributed by atoms with Gasteiger partial charge in [-0.05, 0) is 24.6 Å². The van der Waals surface area contributed by atoms with Crippen LogP contribution >= 0.6 is 0 Å². The van der Waals surface area contributed by atoms with E-state index in [1.54, 1.807) is 0 Å². The maximum atomic E-state index is 12.9. The number of rotatable bonds is 1. The van der Waals surface area contributed by atoms with E-state index in [1.165, 1.54) is 25.2 Å². The largest absolute Gasteiger partial charge is 0.355 e. The molecule has 0 aliphatic rings. The molecule has 1 amide bonds. The molecule has 0 aromatic heterocycles. The molecule has 62 valence electrons. The average Bonchev–Trinajstić information content (AvgIpc) is 2.08. The number of carbonyl (C=O) groups is 1. The number of halogens is 1. The average molecular weight is 165 g/mol. The molecule has 0 spiro atoms. The summed E-state index contributed by atoms with van der Waals surface area (Å²) >= 11 is 0. The molecule has 0 bridgehead atoms. The Kier molecular flexibility index (Phi) is 2.43. The van der Waals surface area contributed by atoms with Gasteiger partial charge in [-0.25, -0.2) is 4.39 Å². The monoisotopic (exact) mass is 165 g/mol. The lowest BCUT2D eigenvalue weighted by atomic mass is 10.1. The van der Waals surface area contributed by atoms with Gasteiger partial charge >= 0.3 is 0 Å². The van der Waals surface area contributed by atoms with Crippen LogP contribution in [-0.4, -0.2) is 13.0 Å². The summed E-state index contributed by atoms with van der Waals surface area (Å²) in [6.45, 7) is 5.37. The molecule has 3 heteroatoms. The minimum Gasteiger partial charge on any atom is -0.355 e. The normalized spacial score (nSPS) is 9.58. The molecule has 12 heavy (non-hydrogen) atoms. The number of benzene rings is 1. The van der Waals surface area contributed by atoms with E-state index in [9.17, 15) is 9.18 Å². The Labute approximate surface area is 70.4 Å². The molecule has 0 heterocycles. The van der Waals surface area contributed by atoms with Gasteiger partial charge in [-0.15, -0.1) is 0 Å². The smallest absolute Gasteiger partial charge is 0.254 e. The molecule has 1 rings (SSSR count). The number of hydrogen-bond donors (Lipinski definition) is 1. The molecular weight excluding hydrogens is 157 g/mol. The summed E-state index contributed by atoms with van der Waals surface area (Å²) in [7, 11) is 1.44. The van der Waals surface area contributed by atoms with Crippen molar-refractivity contribution in [1.82, 2.24) is 5.32 Å². The van der Waals surface area contributed by atoms with E-state index in [1.807, 2.05) is 0 Å². The third kappa shape index (κ3) is 1.61. The predicted octanol–water partition coefficient (Wildman–Crippen LogP) is 1.24. The molecule has 0 aliphatic heterocycles. The van der Waals surface area contributed by atoms with Crippen molar-refractivity contribution in [3.05, 3.63) is 42.1 Å². The van der Waals surface area contributed by atoms with Crippen molar-refractivity contribution in [2.24, 2.45) is 0 Å². The van der Waals surface area contributed by atoms with E-state index in [2.05, 4.69) is 5.32 Å². The van der Waals surface area contributed by atoms with Crippen LogP contribution in [0.5, 0.6) is 0 Å². The molecule has 0 fully saturated rings. The maximum Gasteiger partial charge on any atom is 0.254 e. The van der Waals surface area contributed by atoms with Gasteiger partial charge in [0.15, 0.2) is 0 Å². The third-order valence-electron chi connectivity index (χ3n) is 1.46. The molecule has 2 nitrogen and oxygen atoms in total. The Morgan fingerprint density at radius 3 is 2.83 bits per heavy atom. The fraction of sp³-hybridized carbons (Fsp3) is 0.111. The van der Waals surface area contributed by atoms with Crippen LogP contribution in [0.25, 0.3) is 0 Å². The van der Waals surface area contributed by atoms with E-state index in [-0.39, 0.29) is 5.56 Å². The maximum absolute atomic E-state index is 12.9. The number of hydrogen-bond acceptors (Lipinski definition) is 1. The van der Waals surface area contributed by atoms with Gasteiger partial charge < -0.3 is 5.32 Å². The fourth-order valence-corrected chi connectivity index (χ4v) is 0.852.